The highest BCUT2D eigenvalue weighted by Gasteiger charge is 2.28. The number of nitrogens with zero attached hydrogens (tertiary/aromatic N) is 4. The third-order valence-corrected chi connectivity index (χ3v) is 3.35. The van der Waals surface area contributed by atoms with Crippen molar-refractivity contribution in [3.63, 3.8) is 0 Å². The Bertz CT molecular complexity index is 720. The highest BCUT2D eigenvalue weighted by atomic mass is 35.5. The van der Waals surface area contributed by atoms with Gasteiger partial charge in [0.2, 0.25) is 11.6 Å². The number of nitro groups is 1. The van der Waals surface area contributed by atoms with Gasteiger partial charge in [0, 0.05) is 11.9 Å². The first kappa shape index (κ1) is 12.6. The number of aromatic nitrogens is 2. The second-order valence-corrected chi connectivity index (χ2v) is 4.79. The molecule has 0 spiro atoms. The molecule has 2 heterocycles. The number of rotatable bonds is 2. The van der Waals surface area contributed by atoms with Crippen molar-refractivity contribution in [1.82, 2.24) is 9.55 Å². The summed E-state index contributed by atoms with van der Waals surface area (Å²) in [7, 11) is 0. The predicted octanol–water partition coefficient (Wildman–Crippen LogP) is 2.58. The average molecular weight is 292 g/mol. The van der Waals surface area contributed by atoms with Gasteiger partial charge in [-0.2, -0.15) is 5.10 Å². The van der Waals surface area contributed by atoms with Crippen molar-refractivity contribution >= 4 is 28.9 Å². The molecule has 0 bridgehead atoms. The standard InChI is InChI=1S/C12H10ClN5O2/c1-7-14-11(18(19)20)12-16-15-10(6-17(7)12)8-2-4-9(13)5-3-8/h2-5,16H,6H2,1H3. The Morgan fingerprint density at radius 2 is 2.10 bits per heavy atom. The Kier molecular flexibility index (Phi) is 2.90. The summed E-state index contributed by atoms with van der Waals surface area (Å²) in [5, 5.41) is 15.7. The van der Waals surface area contributed by atoms with Crippen LogP contribution in [0.3, 0.4) is 0 Å². The number of anilines is 1. The molecule has 1 aliphatic heterocycles. The Hall–Kier alpha value is -2.41. The van der Waals surface area contributed by atoms with Gasteiger partial charge in [-0.25, -0.2) is 0 Å². The zero-order chi connectivity index (χ0) is 14.3. The van der Waals surface area contributed by atoms with E-state index in [-0.39, 0.29) is 5.82 Å². The molecule has 0 saturated heterocycles. The van der Waals surface area contributed by atoms with E-state index in [1.165, 1.54) is 0 Å². The molecule has 0 aliphatic carbocycles. The maximum atomic E-state index is 10.9. The third-order valence-electron chi connectivity index (χ3n) is 3.10. The van der Waals surface area contributed by atoms with Gasteiger partial charge in [0.25, 0.3) is 0 Å². The summed E-state index contributed by atoms with van der Waals surface area (Å²) in [6, 6.07) is 7.26. The van der Waals surface area contributed by atoms with Gasteiger partial charge in [0.15, 0.2) is 0 Å². The van der Waals surface area contributed by atoms with Gasteiger partial charge in [-0.15, -0.1) is 0 Å². The smallest absolute Gasteiger partial charge is 0.358 e. The molecule has 2 aromatic rings. The van der Waals surface area contributed by atoms with Crippen LogP contribution in [0.2, 0.25) is 5.02 Å². The fraction of sp³-hybridized carbons (Fsp3) is 0.167. The lowest BCUT2D eigenvalue weighted by atomic mass is 10.1. The number of hydrazone groups is 1. The van der Waals surface area contributed by atoms with Gasteiger partial charge in [-0.1, -0.05) is 23.7 Å². The number of fused-ring (bicyclic) bond motifs is 1. The van der Waals surface area contributed by atoms with Crippen LogP contribution in [0, 0.1) is 17.0 Å². The van der Waals surface area contributed by atoms with Gasteiger partial charge < -0.3 is 10.1 Å². The monoisotopic (exact) mass is 291 g/mol. The molecule has 102 valence electrons. The van der Waals surface area contributed by atoms with E-state index >= 15 is 0 Å². The molecule has 1 N–H and O–H groups in total. The molecular formula is C12H10ClN5O2. The summed E-state index contributed by atoms with van der Waals surface area (Å²) in [6.45, 7) is 2.15. The topological polar surface area (TPSA) is 85.3 Å². The van der Waals surface area contributed by atoms with E-state index in [1.807, 2.05) is 12.1 Å². The number of imidazole rings is 1. The molecule has 0 amide bonds. The minimum Gasteiger partial charge on any atom is -0.358 e. The summed E-state index contributed by atoms with van der Waals surface area (Å²) in [4.78, 5) is 14.3. The Balaban J connectivity index is 1.97. The largest absolute Gasteiger partial charge is 0.408 e. The second-order valence-electron chi connectivity index (χ2n) is 4.35. The summed E-state index contributed by atoms with van der Waals surface area (Å²) in [6.07, 6.45) is 0. The molecule has 1 aromatic heterocycles. The van der Waals surface area contributed by atoms with E-state index in [0.29, 0.717) is 23.2 Å². The van der Waals surface area contributed by atoms with Gasteiger partial charge >= 0.3 is 5.82 Å². The molecular weight excluding hydrogens is 282 g/mol. The molecule has 1 aromatic carbocycles. The maximum absolute atomic E-state index is 10.9. The van der Waals surface area contributed by atoms with Crippen molar-refractivity contribution in [3.8, 4) is 0 Å². The molecule has 8 heteroatoms. The number of hydrogen-bond donors (Lipinski definition) is 1. The van der Waals surface area contributed by atoms with Crippen LogP contribution >= 0.6 is 11.6 Å². The van der Waals surface area contributed by atoms with E-state index in [1.54, 1.807) is 23.6 Å². The molecule has 0 unspecified atom stereocenters. The minimum atomic E-state index is -0.519. The van der Waals surface area contributed by atoms with Crippen molar-refractivity contribution in [2.75, 3.05) is 5.43 Å². The van der Waals surface area contributed by atoms with Crippen LogP contribution in [0.1, 0.15) is 11.4 Å². The number of halogens is 1. The fourth-order valence-electron chi connectivity index (χ4n) is 2.08. The normalized spacial score (nSPS) is 13.4. The van der Waals surface area contributed by atoms with Gasteiger partial charge in [0.05, 0.1) is 12.3 Å². The van der Waals surface area contributed by atoms with Crippen molar-refractivity contribution in [3.05, 3.63) is 50.8 Å². The Morgan fingerprint density at radius 1 is 1.40 bits per heavy atom. The maximum Gasteiger partial charge on any atom is 0.408 e. The van der Waals surface area contributed by atoms with Crippen LogP contribution in [0.4, 0.5) is 11.6 Å². The summed E-state index contributed by atoms with van der Waals surface area (Å²) in [5.41, 5.74) is 4.38. The van der Waals surface area contributed by atoms with Gasteiger partial charge in [-0.3, -0.25) is 9.99 Å². The van der Waals surface area contributed by atoms with Crippen molar-refractivity contribution in [2.24, 2.45) is 5.10 Å². The number of nitrogens with one attached hydrogen (secondary N) is 1. The van der Waals surface area contributed by atoms with E-state index in [0.717, 1.165) is 11.3 Å². The van der Waals surface area contributed by atoms with Gasteiger partial charge in [-0.05, 0) is 27.6 Å². The number of benzene rings is 1. The summed E-state index contributed by atoms with van der Waals surface area (Å²) in [5.74, 6) is 0.673. The lowest BCUT2D eigenvalue weighted by Gasteiger charge is -2.16. The molecule has 0 saturated carbocycles. The lowest BCUT2D eigenvalue weighted by molar-refractivity contribution is -0.388. The Labute approximate surface area is 119 Å². The van der Waals surface area contributed by atoms with Crippen LogP contribution < -0.4 is 5.43 Å². The summed E-state index contributed by atoms with van der Waals surface area (Å²) >= 11 is 5.85. The van der Waals surface area contributed by atoms with E-state index in [2.05, 4.69) is 15.5 Å². The van der Waals surface area contributed by atoms with Crippen molar-refractivity contribution < 1.29 is 4.92 Å². The third kappa shape index (κ3) is 2.01. The van der Waals surface area contributed by atoms with Crippen LogP contribution in [0.15, 0.2) is 29.4 Å². The average Bonchev–Trinajstić information content (AvgIpc) is 2.77. The van der Waals surface area contributed by atoms with Crippen LogP contribution in [-0.4, -0.2) is 20.2 Å². The highest BCUT2D eigenvalue weighted by molar-refractivity contribution is 6.30. The first-order valence-corrected chi connectivity index (χ1v) is 6.24. The zero-order valence-corrected chi connectivity index (χ0v) is 11.3. The minimum absolute atomic E-state index is 0.207. The molecule has 0 atom stereocenters. The SMILES string of the molecule is Cc1nc([N+](=O)[O-])c2n1CC(c1ccc(Cl)cc1)=NN2. The number of aryl methyl sites for hydroxylation is 1. The van der Waals surface area contributed by atoms with Crippen molar-refractivity contribution in [2.45, 2.75) is 13.5 Å². The quantitative estimate of drug-likeness (QED) is 0.680. The van der Waals surface area contributed by atoms with Crippen molar-refractivity contribution in [1.29, 1.82) is 0 Å². The summed E-state index contributed by atoms with van der Waals surface area (Å²) < 4.78 is 1.73. The molecule has 0 fully saturated rings. The lowest BCUT2D eigenvalue weighted by Crippen LogP contribution is -2.21. The molecule has 1 aliphatic rings. The molecule has 20 heavy (non-hydrogen) atoms. The highest BCUT2D eigenvalue weighted by Crippen LogP contribution is 2.28. The molecule has 7 nitrogen and oxygen atoms in total. The fourth-order valence-corrected chi connectivity index (χ4v) is 2.21. The van der Waals surface area contributed by atoms with Crippen LogP contribution in [0.25, 0.3) is 0 Å². The first-order valence-electron chi connectivity index (χ1n) is 5.86. The first-order chi connectivity index (χ1) is 9.56. The van der Waals surface area contributed by atoms with Gasteiger partial charge in [0.1, 0.15) is 0 Å². The van der Waals surface area contributed by atoms with E-state index < -0.39 is 4.92 Å². The molecule has 0 radical (unpaired) electrons. The van der Waals surface area contributed by atoms with E-state index in [9.17, 15) is 10.1 Å². The Morgan fingerprint density at radius 3 is 2.75 bits per heavy atom. The van der Waals surface area contributed by atoms with Crippen LogP contribution in [0.5, 0.6) is 0 Å². The second kappa shape index (κ2) is 4.61. The predicted molar refractivity (Wildman–Crippen MR) is 75.2 cm³/mol. The molecule has 3 rings (SSSR count). The number of hydrogen-bond acceptors (Lipinski definition) is 5. The van der Waals surface area contributed by atoms with Crippen LogP contribution in [-0.2, 0) is 6.54 Å². The van der Waals surface area contributed by atoms with E-state index in [4.69, 9.17) is 11.6 Å². The zero-order valence-electron chi connectivity index (χ0n) is 10.5.